The Bertz CT molecular complexity index is 797. The van der Waals surface area contributed by atoms with Crippen LogP contribution >= 0.6 is 0 Å². The number of phenols is 1. The Labute approximate surface area is 141 Å². The number of carbonyl (C=O) groups excluding carboxylic acids is 1. The standard InChI is InChI=1S/C17H20N2O4S/c1-19(2)24(22,23)16-9-5-14(6-10-16)17(21)18-12-11-13-3-7-15(20)8-4-13/h3-10,20H,11-12H2,1-2H3,(H,18,21). The summed E-state index contributed by atoms with van der Waals surface area (Å²) in [4.78, 5) is 12.2. The number of sulfonamides is 1. The van der Waals surface area contributed by atoms with E-state index in [1.807, 2.05) is 0 Å². The summed E-state index contributed by atoms with van der Waals surface area (Å²) in [5.74, 6) is -0.0573. The molecule has 2 rings (SSSR count). The van der Waals surface area contributed by atoms with E-state index in [0.29, 0.717) is 18.5 Å². The molecule has 0 spiro atoms. The average Bonchev–Trinajstić information content (AvgIpc) is 2.56. The Morgan fingerprint density at radius 3 is 2.17 bits per heavy atom. The zero-order chi connectivity index (χ0) is 17.7. The van der Waals surface area contributed by atoms with Crippen molar-refractivity contribution in [2.75, 3.05) is 20.6 Å². The van der Waals surface area contributed by atoms with E-state index in [-0.39, 0.29) is 16.6 Å². The van der Waals surface area contributed by atoms with Crippen LogP contribution in [-0.4, -0.2) is 44.4 Å². The third-order valence-corrected chi connectivity index (χ3v) is 5.36. The molecule has 0 fully saturated rings. The minimum Gasteiger partial charge on any atom is -0.508 e. The van der Waals surface area contributed by atoms with Crippen molar-refractivity contribution >= 4 is 15.9 Å². The van der Waals surface area contributed by atoms with Gasteiger partial charge in [-0.05, 0) is 48.4 Å². The maximum absolute atomic E-state index is 12.1. The van der Waals surface area contributed by atoms with Crippen LogP contribution in [0.3, 0.4) is 0 Å². The molecule has 7 heteroatoms. The van der Waals surface area contributed by atoms with E-state index >= 15 is 0 Å². The molecule has 0 aromatic heterocycles. The van der Waals surface area contributed by atoms with Crippen LogP contribution < -0.4 is 5.32 Å². The average molecular weight is 348 g/mol. The van der Waals surface area contributed by atoms with Crippen molar-refractivity contribution in [3.05, 3.63) is 59.7 Å². The summed E-state index contributed by atoms with van der Waals surface area (Å²) in [6, 6.07) is 12.6. The molecule has 0 heterocycles. The van der Waals surface area contributed by atoms with Gasteiger partial charge in [0.15, 0.2) is 0 Å². The number of rotatable bonds is 6. The first kappa shape index (κ1) is 18.0. The summed E-state index contributed by atoms with van der Waals surface area (Å²) < 4.78 is 25.1. The molecule has 0 saturated carbocycles. The van der Waals surface area contributed by atoms with Gasteiger partial charge >= 0.3 is 0 Å². The van der Waals surface area contributed by atoms with Crippen molar-refractivity contribution in [1.29, 1.82) is 0 Å². The molecule has 0 aliphatic rings. The van der Waals surface area contributed by atoms with Gasteiger partial charge in [-0.1, -0.05) is 12.1 Å². The number of benzene rings is 2. The molecule has 6 nitrogen and oxygen atoms in total. The molecule has 2 N–H and O–H groups in total. The third-order valence-electron chi connectivity index (χ3n) is 3.53. The van der Waals surface area contributed by atoms with E-state index in [1.165, 1.54) is 38.4 Å². The zero-order valence-electron chi connectivity index (χ0n) is 13.6. The molecule has 0 bridgehead atoms. The second-order valence-corrected chi connectivity index (χ2v) is 7.64. The van der Waals surface area contributed by atoms with Gasteiger partial charge in [0.25, 0.3) is 5.91 Å². The molecule has 0 atom stereocenters. The lowest BCUT2D eigenvalue weighted by molar-refractivity contribution is 0.0954. The number of hydrogen-bond acceptors (Lipinski definition) is 4. The second-order valence-electron chi connectivity index (χ2n) is 5.48. The van der Waals surface area contributed by atoms with Crippen LogP contribution in [0, 0.1) is 0 Å². The molecular weight excluding hydrogens is 328 g/mol. The fraction of sp³-hybridized carbons (Fsp3) is 0.235. The van der Waals surface area contributed by atoms with Crippen molar-refractivity contribution in [3.8, 4) is 5.75 Å². The Kier molecular flexibility index (Phi) is 5.58. The molecule has 2 aromatic rings. The summed E-state index contributed by atoms with van der Waals surface area (Å²) in [6.07, 6.45) is 0.638. The van der Waals surface area contributed by atoms with Crippen LogP contribution in [0.5, 0.6) is 5.75 Å². The SMILES string of the molecule is CN(C)S(=O)(=O)c1ccc(C(=O)NCCc2ccc(O)cc2)cc1. The number of nitrogens with zero attached hydrogens (tertiary/aromatic N) is 1. The van der Waals surface area contributed by atoms with E-state index in [1.54, 1.807) is 24.3 Å². The van der Waals surface area contributed by atoms with Crippen molar-refractivity contribution < 1.29 is 18.3 Å². The highest BCUT2D eigenvalue weighted by Gasteiger charge is 2.17. The predicted molar refractivity (Wildman–Crippen MR) is 91.5 cm³/mol. The normalized spacial score (nSPS) is 11.5. The van der Waals surface area contributed by atoms with E-state index in [0.717, 1.165) is 9.87 Å². The smallest absolute Gasteiger partial charge is 0.251 e. The largest absolute Gasteiger partial charge is 0.508 e. The molecular formula is C17H20N2O4S. The Morgan fingerprint density at radius 1 is 1.04 bits per heavy atom. The molecule has 0 radical (unpaired) electrons. The van der Waals surface area contributed by atoms with E-state index in [2.05, 4.69) is 5.32 Å². The minimum atomic E-state index is -3.49. The predicted octanol–water partition coefficient (Wildman–Crippen LogP) is 1.61. The van der Waals surface area contributed by atoms with Crippen molar-refractivity contribution in [2.24, 2.45) is 0 Å². The Hall–Kier alpha value is -2.38. The Morgan fingerprint density at radius 2 is 1.62 bits per heavy atom. The van der Waals surface area contributed by atoms with E-state index < -0.39 is 10.0 Å². The fourth-order valence-electron chi connectivity index (χ4n) is 2.07. The molecule has 0 saturated heterocycles. The van der Waals surface area contributed by atoms with Gasteiger partial charge in [0, 0.05) is 26.2 Å². The maximum Gasteiger partial charge on any atom is 0.251 e. The molecule has 24 heavy (non-hydrogen) atoms. The number of aromatic hydroxyl groups is 1. The molecule has 1 amide bonds. The fourth-order valence-corrected chi connectivity index (χ4v) is 2.98. The molecule has 2 aromatic carbocycles. The van der Waals surface area contributed by atoms with Crippen LogP contribution in [0.2, 0.25) is 0 Å². The number of amides is 1. The summed E-state index contributed by atoms with van der Waals surface area (Å²) in [7, 11) is -0.579. The first-order chi connectivity index (χ1) is 11.3. The lowest BCUT2D eigenvalue weighted by Gasteiger charge is -2.11. The second kappa shape index (κ2) is 7.46. The van der Waals surface area contributed by atoms with Crippen molar-refractivity contribution in [1.82, 2.24) is 9.62 Å². The highest BCUT2D eigenvalue weighted by molar-refractivity contribution is 7.89. The quantitative estimate of drug-likeness (QED) is 0.830. The summed E-state index contributed by atoms with van der Waals surface area (Å²) in [5.41, 5.74) is 1.40. The Balaban J connectivity index is 1.94. The third kappa shape index (κ3) is 4.33. The first-order valence-electron chi connectivity index (χ1n) is 7.39. The van der Waals surface area contributed by atoms with Crippen LogP contribution in [-0.2, 0) is 16.4 Å². The van der Waals surface area contributed by atoms with Gasteiger partial charge < -0.3 is 10.4 Å². The van der Waals surface area contributed by atoms with Crippen LogP contribution in [0.1, 0.15) is 15.9 Å². The minimum absolute atomic E-state index is 0.146. The topological polar surface area (TPSA) is 86.7 Å². The first-order valence-corrected chi connectivity index (χ1v) is 8.83. The number of hydrogen-bond donors (Lipinski definition) is 2. The molecule has 0 unspecified atom stereocenters. The lowest BCUT2D eigenvalue weighted by Crippen LogP contribution is -2.26. The van der Waals surface area contributed by atoms with Gasteiger partial charge in [-0.25, -0.2) is 12.7 Å². The van der Waals surface area contributed by atoms with Crippen LogP contribution in [0.15, 0.2) is 53.4 Å². The van der Waals surface area contributed by atoms with E-state index in [9.17, 15) is 18.3 Å². The van der Waals surface area contributed by atoms with Crippen molar-refractivity contribution in [3.63, 3.8) is 0 Å². The molecule has 0 aliphatic carbocycles. The van der Waals surface area contributed by atoms with Crippen LogP contribution in [0.25, 0.3) is 0 Å². The lowest BCUT2D eigenvalue weighted by atomic mass is 10.1. The van der Waals surface area contributed by atoms with Gasteiger partial charge in [-0.3, -0.25) is 4.79 Å². The van der Waals surface area contributed by atoms with Gasteiger partial charge in [-0.2, -0.15) is 0 Å². The van der Waals surface area contributed by atoms with Crippen LogP contribution in [0.4, 0.5) is 0 Å². The summed E-state index contributed by atoms with van der Waals surface area (Å²) in [6.45, 7) is 0.446. The highest BCUT2D eigenvalue weighted by atomic mass is 32.2. The van der Waals surface area contributed by atoms with Gasteiger partial charge in [-0.15, -0.1) is 0 Å². The number of phenolic OH excluding ortho intramolecular Hbond substituents is 1. The van der Waals surface area contributed by atoms with Crippen molar-refractivity contribution in [2.45, 2.75) is 11.3 Å². The zero-order valence-corrected chi connectivity index (χ0v) is 14.4. The number of nitrogens with one attached hydrogen (secondary N) is 1. The van der Waals surface area contributed by atoms with Gasteiger partial charge in [0.1, 0.15) is 5.75 Å². The summed E-state index contributed by atoms with van der Waals surface area (Å²) >= 11 is 0. The molecule has 0 aliphatic heterocycles. The maximum atomic E-state index is 12.1. The highest BCUT2D eigenvalue weighted by Crippen LogP contribution is 2.14. The number of carbonyl (C=O) groups is 1. The van der Waals surface area contributed by atoms with Gasteiger partial charge in [0.05, 0.1) is 4.90 Å². The monoisotopic (exact) mass is 348 g/mol. The van der Waals surface area contributed by atoms with Gasteiger partial charge in [0.2, 0.25) is 10.0 Å². The summed E-state index contributed by atoms with van der Waals surface area (Å²) in [5, 5.41) is 12.0. The molecule has 128 valence electrons. The van der Waals surface area contributed by atoms with E-state index in [4.69, 9.17) is 0 Å².